The minimum Gasteiger partial charge on any atom is -0.506 e. The number of phenolic OH excluding ortho intramolecular Hbond substituents is 1. The topological polar surface area (TPSA) is 186 Å². The van der Waals surface area contributed by atoms with E-state index in [1.165, 1.54) is 17.7 Å². The van der Waals surface area contributed by atoms with Gasteiger partial charge >= 0.3 is 5.97 Å². The zero-order valence-electron chi connectivity index (χ0n) is 33.8. The summed E-state index contributed by atoms with van der Waals surface area (Å²) in [5.41, 5.74) is 1.50. The first-order chi connectivity index (χ1) is 29.7. The molecule has 3 heterocycles. The normalized spacial score (nSPS) is 14.9. The number of hydrogen-bond donors (Lipinski definition) is 6. The largest absolute Gasteiger partial charge is 0.506 e. The average molecular weight is 826 g/mol. The number of aliphatic hydroxyl groups excluding tert-OH is 1. The molecule has 1 amide bonds. The Morgan fingerprint density at radius 1 is 0.885 bits per heavy atom. The van der Waals surface area contributed by atoms with Gasteiger partial charge in [-0.15, -0.1) is 0 Å². The molecule has 2 atom stereocenters. The number of H-pyrrole nitrogens is 1. The SMILES string of the molecule is O=C(NCCCOc1cccc(C(O)(C(=O)OCC2CCN(Cc3ccccc3)CC2)c2ccccc2)c1)c1ccc(CNCC(O)c2ccc(O)c3[nH]c(=O)ccc23)cn1. The van der Waals surface area contributed by atoms with Crippen molar-refractivity contribution in [2.75, 3.05) is 39.4 Å². The number of hydrogen-bond acceptors (Lipinski definition) is 11. The summed E-state index contributed by atoms with van der Waals surface area (Å²) in [5, 5.41) is 39.6. The summed E-state index contributed by atoms with van der Waals surface area (Å²) in [6.07, 6.45) is 2.97. The van der Waals surface area contributed by atoms with Gasteiger partial charge in [0, 0.05) is 49.4 Å². The predicted octanol–water partition coefficient (Wildman–Crippen LogP) is 5.34. The van der Waals surface area contributed by atoms with E-state index in [9.17, 15) is 29.7 Å². The smallest absolute Gasteiger partial charge is 0.347 e. The number of aromatic hydroxyl groups is 1. The standard InChI is InChI=1S/C48H51N5O8/c54-42-19-16-39(40-17-20-44(56)52-45(40)42)43(55)30-49-28-35-15-18-41(51-29-35)46(57)50-23-8-26-60-38-14-7-13-37(27-38)48(59,36-11-5-2-6-12-36)47(58)61-32-34-21-24-53(25-22-34)31-33-9-3-1-4-10-33/h1-7,9-20,27,29,34,43,49,54-55,59H,8,21-26,28,30-32H2,(H,50,57)(H,52,56). The molecule has 1 saturated heterocycles. The highest BCUT2D eigenvalue weighted by atomic mass is 16.5. The molecule has 4 aromatic carbocycles. The first kappa shape index (κ1) is 42.7. The number of pyridine rings is 2. The van der Waals surface area contributed by atoms with Crippen LogP contribution in [0.15, 0.2) is 132 Å². The molecule has 2 aromatic heterocycles. The third-order valence-corrected chi connectivity index (χ3v) is 11.0. The van der Waals surface area contributed by atoms with Crippen molar-refractivity contribution in [2.24, 2.45) is 5.92 Å². The monoisotopic (exact) mass is 825 g/mol. The second-order valence-corrected chi connectivity index (χ2v) is 15.3. The van der Waals surface area contributed by atoms with Gasteiger partial charge in [-0.1, -0.05) is 84.9 Å². The lowest BCUT2D eigenvalue weighted by Gasteiger charge is -2.33. The molecule has 61 heavy (non-hydrogen) atoms. The summed E-state index contributed by atoms with van der Waals surface area (Å²) in [6, 6.07) is 35.4. The number of likely N-dealkylation sites (tertiary alicyclic amines) is 1. The number of benzene rings is 4. The highest BCUT2D eigenvalue weighted by Crippen LogP contribution is 2.34. The van der Waals surface area contributed by atoms with Crippen LogP contribution in [-0.2, 0) is 28.2 Å². The number of aromatic nitrogens is 2. The molecule has 13 nitrogen and oxygen atoms in total. The van der Waals surface area contributed by atoms with Crippen LogP contribution in [0.1, 0.15) is 63.7 Å². The Morgan fingerprint density at radius 2 is 1.64 bits per heavy atom. The number of nitrogens with one attached hydrogen (secondary N) is 3. The van der Waals surface area contributed by atoms with Crippen LogP contribution in [0, 0.1) is 5.92 Å². The predicted molar refractivity (Wildman–Crippen MR) is 231 cm³/mol. The van der Waals surface area contributed by atoms with Crippen molar-refractivity contribution < 1.29 is 34.4 Å². The maximum Gasteiger partial charge on any atom is 0.347 e. The van der Waals surface area contributed by atoms with Crippen LogP contribution in [-0.4, -0.2) is 81.5 Å². The molecule has 1 aliphatic heterocycles. The molecule has 316 valence electrons. The van der Waals surface area contributed by atoms with Crippen LogP contribution < -0.4 is 20.9 Å². The van der Waals surface area contributed by atoms with Crippen molar-refractivity contribution in [3.05, 3.63) is 171 Å². The summed E-state index contributed by atoms with van der Waals surface area (Å²) >= 11 is 0. The zero-order valence-corrected chi connectivity index (χ0v) is 33.8. The maximum atomic E-state index is 13.8. The molecule has 1 fully saturated rings. The number of amides is 1. The molecular formula is C48H51N5O8. The quantitative estimate of drug-likeness (QED) is 0.0486. The van der Waals surface area contributed by atoms with Gasteiger partial charge in [0.05, 0.1) is 24.8 Å². The average Bonchev–Trinajstić information content (AvgIpc) is 3.29. The molecule has 7 rings (SSSR count). The molecule has 1 aliphatic rings. The second kappa shape index (κ2) is 20.3. The Kier molecular flexibility index (Phi) is 14.2. The Labute approximate surface area is 354 Å². The van der Waals surface area contributed by atoms with Gasteiger partial charge in [-0.05, 0) is 90.9 Å². The summed E-state index contributed by atoms with van der Waals surface area (Å²) in [5.74, 6) is -0.482. The lowest BCUT2D eigenvalue weighted by molar-refractivity contribution is -0.164. The number of esters is 1. The molecule has 0 aliphatic carbocycles. The molecule has 0 spiro atoms. The first-order valence-electron chi connectivity index (χ1n) is 20.6. The highest BCUT2D eigenvalue weighted by molar-refractivity contribution is 5.92. The van der Waals surface area contributed by atoms with Gasteiger partial charge in [0.25, 0.3) is 5.91 Å². The van der Waals surface area contributed by atoms with E-state index in [-0.39, 0.29) is 54.1 Å². The van der Waals surface area contributed by atoms with Gasteiger partial charge in [0.1, 0.15) is 17.2 Å². The van der Waals surface area contributed by atoms with Crippen molar-refractivity contribution in [1.29, 1.82) is 0 Å². The molecule has 0 radical (unpaired) electrons. The van der Waals surface area contributed by atoms with Gasteiger partial charge in [0.15, 0.2) is 0 Å². The van der Waals surface area contributed by atoms with Crippen LogP contribution in [0.2, 0.25) is 0 Å². The van der Waals surface area contributed by atoms with E-state index in [0.29, 0.717) is 47.3 Å². The van der Waals surface area contributed by atoms with E-state index in [4.69, 9.17) is 9.47 Å². The van der Waals surface area contributed by atoms with E-state index in [0.717, 1.165) is 38.0 Å². The second-order valence-electron chi connectivity index (χ2n) is 15.3. The van der Waals surface area contributed by atoms with E-state index >= 15 is 0 Å². The maximum absolute atomic E-state index is 13.8. The Balaban J connectivity index is 0.855. The van der Waals surface area contributed by atoms with Crippen LogP contribution in [0.3, 0.4) is 0 Å². The summed E-state index contributed by atoms with van der Waals surface area (Å²) in [6.45, 7) is 4.12. The molecule has 0 saturated carbocycles. The molecule has 13 heteroatoms. The minimum atomic E-state index is -2.05. The summed E-state index contributed by atoms with van der Waals surface area (Å²) < 4.78 is 11.9. The number of carbonyl (C=O) groups excluding carboxylic acids is 2. The fourth-order valence-corrected chi connectivity index (χ4v) is 7.57. The third kappa shape index (κ3) is 10.9. The lowest BCUT2D eigenvalue weighted by Crippen LogP contribution is -2.40. The van der Waals surface area contributed by atoms with Crippen LogP contribution in [0.25, 0.3) is 10.9 Å². The zero-order chi connectivity index (χ0) is 42.6. The van der Waals surface area contributed by atoms with Gasteiger partial charge in [-0.25, -0.2) is 4.79 Å². The fourth-order valence-electron chi connectivity index (χ4n) is 7.57. The van der Waals surface area contributed by atoms with E-state index in [1.807, 2.05) is 12.1 Å². The Morgan fingerprint density at radius 3 is 2.39 bits per heavy atom. The fraction of sp³-hybridized carbons (Fsp3) is 0.292. The van der Waals surface area contributed by atoms with Crippen molar-refractivity contribution in [3.8, 4) is 11.5 Å². The van der Waals surface area contributed by atoms with Crippen molar-refractivity contribution in [2.45, 2.75) is 44.1 Å². The number of piperidine rings is 1. The van der Waals surface area contributed by atoms with Gasteiger partial charge < -0.3 is 40.4 Å². The molecular weight excluding hydrogens is 775 g/mol. The summed E-state index contributed by atoms with van der Waals surface area (Å²) in [4.78, 5) is 47.6. The van der Waals surface area contributed by atoms with Gasteiger partial charge in [-0.3, -0.25) is 19.5 Å². The number of ether oxygens (including phenoxy) is 2. The lowest BCUT2D eigenvalue weighted by atomic mass is 9.86. The molecule has 6 aromatic rings. The van der Waals surface area contributed by atoms with Gasteiger partial charge in [0.2, 0.25) is 11.2 Å². The van der Waals surface area contributed by atoms with Crippen LogP contribution in [0.4, 0.5) is 0 Å². The molecule has 2 unspecified atom stereocenters. The number of nitrogens with zero attached hydrogens (tertiary/aromatic N) is 2. The van der Waals surface area contributed by atoms with E-state index in [2.05, 4.69) is 49.8 Å². The highest BCUT2D eigenvalue weighted by Gasteiger charge is 2.42. The summed E-state index contributed by atoms with van der Waals surface area (Å²) in [7, 11) is 0. The van der Waals surface area contributed by atoms with E-state index in [1.54, 1.807) is 79.0 Å². The Bertz CT molecular complexity index is 2440. The van der Waals surface area contributed by atoms with Crippen LogP contribution in [0.5, 0.6) is 11.5 Å². The number of rotatable bonds is 18. The molecule has 6 N–H and O–H groups in total. The van der Waals surface area contributed by atoms with E-state index < -0.39 is 17.7 Å². The first-order valence-corrected chi connectivity index (χ1v) is 20.6. The minimum absolute atomic E-state index is 0.0753. The number of aliphatic hydroxyl groups is 2. The number of aromatic amines is 1. The number of carbonyl (C=O) groups is 2. The van der Waals surface area contributed by atoms with Crippen LogP contribution >= 0.6 is 0 Å². The van der Waals surface area contributed by atoms with Gasteiger partial charge in [-0.2, -0.15) is 0 Å². The van der Waals surface area contributed by atoms with Crippen molar-refractivity contribution in [1.82, 2.24) is 25.5 Å². The van der Waals surface area contributed by atoms with Crippen molar-refractivity contribution >= 4 is 22.8 Å². The number of phenols is 1. The number of fused-ring (bicyclic) bond motifs is 1. The molecule has 0 bridgehead atoms. The third-order valence-electron chi connectivity index (χ3n) is 11.0. The van der Waals surface area contributed by atoms with Crippen molar-refractivity contribution in [3.63, 3.8) is 0 Å². The Hall–Kier alpha value is -6.38.